The third-order valence-electron chi connectivity index (χ3n) is 2.77. The summed E-state index contributed by atoms with van der Waals surface area (Å²) in [5.74, 6) is 0.126. The summed E-state index contributed by atoms with van der Waals surface area (Å²) in [6, 6.07) is 0. The molecule has 0 radical (unpaired) electrons. The summed E-state index contributed by atoms with van der Waals surface area (Å²) in [4.78, 5) is 0. The predicted molar refractivity (Wildman–Crippen MR) is 79.6 cm³/mol. The van der Waals surface area contributed by atoms with Gasteiger partial charge < -0.3 is 0 Å². The minimum Gasteiger partial charge on any atom is -0.212 e. The van der Waals surface area contributed by atoms with Crippen LogP contribution in [0, 0.1) is 0 Å². The van der Waals surface area contributed by atoms with Crippen LogP contribution >= 0.6 is 26.6 Å². The van der Waals surface area contributed by atoms with Crippen LogP contribution in [0.2, 0.25) is 0 Å². The Morgan fingerprint density at radius 1 is 0.706 bits per heavy atom. The topological polar surface area (TPSA) is 34.1 Å². The molecule has 0 saturated carbocycles. The van der Waals surface area contributed by atoms with Crippen LogP contribution in [0.15, 0.2) is 0 Å². The lowest BCUT2D eigenvalue weighted by atomic mass is 10.1. The molecule has 0 bridgehead atoms. The van der Waals surface area contributed by atoms with Gasteiger partial charge in [-0.3, -0.25) is 0 Å². The zero-order valence-corrected chi connectivity index (χ0v) is 13.6. The van der Waals surface area contributed by atoms with E-state index < -0.39 is 9.05 Å². The van der Waals surface area contributed by atoms with Crippen molar-refractivity contribution in [2.75, 3.05) is 11.1 Å². The lowest BCUT2D eigenvalue weighted by molar-refractivity contribution is 0.560. The van der Waals surface area contributed by atoms with E-state index in [2.05, 4.69) is 15.9 Å². The van der Waals surface area contributed by atoms with Gasteiger partial charge in [0, 0.05) is 16.0 Å². The van der Waals surface area contributed by atoms with E-state index in [9.17, 15) is 8.42 Å². The second-order valence-electron chi connectivity index (χ2n) is 4.47. The summed E-state index contributed by atoms with van der Waals surface area (Å²) in [5, 5.41) is 1.12. The first-order chi connectivity index (χ1) is 8.06. The molecule has 0 aromatic carbocycles. The number of rotatable bonds is 12. The lowest BCUT2D eigenvalue weighted by Gasteiger charge is -2.01. The largest absolute Gasteiger partial charge is 0.232 e. The van der Waals surface area contributed by atoms with Crippen LogP contribution in [0.5, 0.6) is 0 Å². The Balaban J connectivity index is 3.04. The molecule has 104 valence electrons. The number of alkyl halides is 1. The fraction of sp³-hybridized carbons (Fsp3) is 1.00. The van der Waals surface area contributed by atoms with E-state index >= 15 is 0 Å². The zero-order valence-electron chi connectivity index (χ0n) is 10.5. The van der Waals surface area contributed by atoms with Crippen molar-refractivity contribution >= 4 is 35.7 Å². The molecule has 0 aliphatic rings. The van der Waals surface area contributed by atoms with Gasteiger partial charge in [0.1, 0.15) is 0 Å². The van der Waals surface area contributed by atoms with Crippen molar-refractivity contribution in [3.63, 3.8) is 0 Å². The van der Waals surface area contributed by atoms with Crippen molar-refractivity contribution < 1.29 is 8.42 Å². The fourth-order valence-corrected chi connectivity index (χ4v) is 3.06. The summed E-state index contributed by atoms with van der Waals surface area (Å²) in [5.41, 5.74) is 0. The second kappa shape index (κ2) is 11.8. The Kier molecular flexibility index (Phi) is 12.3. The first-order valence-corrected chi connectivity index (χ1v) is 10.1. The molecular weight excluding hydrogens is 324 g/mol. The van der Waals surface area contributed by atoms with Crippen molar-refractivity contribution in [3.05, 3.63) is 0 Å². The number of unbranched alkanes of at least 4 members (excludes halogenated alkanes) is 9. The van der Waals surface area contributed by atoms with Crippen molar-refractivity contribution in [2.24, 2.45) is 0 Å². The first kappa shape index (κ1) is 17.7. The van der Waals surface area contributed by atoms with Gasteiger partial charge in [0.2, 0.25) is 9.05 Å². The average molecular weight is 348 g/mol. The molecule has 0 spiro atoms. The van der Waals surface area contributed by atoms with Gasteiger partial charge in [-0.15, -0.1) is 0 Å². The van der Waals surface area contributed by atoms with Gasteiger partial charge in [0.15, 0.2) is 0 Å². The summed E-state index contributed by atoms with van der Waals surface area (Å²) >= 11 is 3.43. The monoisotopic (exact) mass is 346 g/mol. The summed E-state index contributed by atoms with van der Waals surface area (Å²) in [6.45, 7) is 0. The number of hydrogen-bond donors (Lipinski definition) is 0. The standard InChI is InChI=1S/C12H24BrClO2S/c13-11-9-7-5-3-1-2-4-6-8-10-12-17(14,15)16/h1-12H2. The van der Waals surface area contributed by atoms with Crippen molar-refractivity contribution in [1.29, 1.82) is 0 Å². The normalized spacial score (nSPS) is 11.9. The maximum atomic E-state index is 10.7. The smallest absolute Gasteiger partial charge is 0.212 e. The highest BCUT2D eigenvalue weighted by Crippen LogP contribution is 2.11. The molecule has 0 amide bonds. The number of halogens is 2. The Morgan fingerprint density at radius 3 is 1.41 bits per heavy atom. The molecule has 0 aromatic heterocycles. The minimum atomic E-state index is -3.27. The third kappa shape index (κ3) is 16.7. The van der Waals surface area contributed by atoms with Crippen molar-refractivity contribution in [3.8, 4) is 0 Å². The lowest BCUT2D eigenvalue weighted by Crippen LogP contribution is -1.96. The molecular formula is C12H24BrClO2S. The molecule has 0 aliphatic heterocycles. The predicted octanol–water partition coefficient (Wildman–Crippen LogP) is 4.85. The van der Waals surface area contributed by atoms with Crippen LogP contribution in [-0.4, -0.2) is 19.5 Å². The van der Waals surface area contributed by atoms with Crippen LogP contribution in [0.1, 0.15) is 64.2 Å². The Labute approximate surface area is 119 Å². The highest BCUT2D eigenvalue weighted by atomic mass is 79.9. The molecule has 0 aliphatic carbocycles. The van der Waals surface area contributed by atoms with E-state index in [-0.39, 0.29) is 5.75 Å². The van der Waals surface area contributed by atoms with E-state index in [1.165, 1.54) is 44.9 Å². The summed E-state index contributed by atoms with van der Waals surface area (Å²) < 4.78 is 21.3. The second-order valence-corrected chi connectivity index (χ2v) is 8.16. The molecule has 0 heterocycles. The Bertz CT molecular complexity index is 255. The van der Waals surface area contributed by atoms with Crippen LogP contribution in [-0.2, 0) is 9.05 Å². The van der Waals surface area contributed by atoms with Crippen LogP contribution < -0.4 is 0 Å². The summed E-state index contributed by atoms with van der Waals surface area (Å²) in [6.07, 6.45) is 11.9. The highest BCUT2D eigenvalue weighted by Gasteiger charge is 2.03. The van der Waals surface area contributed by atoms with Gasteiger partial charge in [-0.25, -0.2) is 8.42 Å². The molecule has 0 unspecified atom stereocenters. The molecule has 0 atom stereocenters. The Hall–Kier alpha value is 0.720. The van der Waals surface area contributed by atoms with Crippen LogP contribution in [0.4, 0.5) is 0 Å². The zero-order chi connectivity index (χ0) is 13.0. The van der Waals surface area contributed by atoms with Gasteiger partial charge in [0.05, 0.1) is 5.75 Å². The van der Waals surface area contributed by atoms with E-state index in [1.807, 2.05) is 0 Å². The van der Waals surface area contributed by atoms with E-state index in [0.29, 0.717) is 6.42 Å². The Morgan fingerprint density at radius 2 is 1.06 bits per heavy atom. The molecule has 2 nitrogen and oxygen atoms in total. The minimum absolute atomic E-state index is 0.126. The maximum absolute atomic E-state index is 10.7. The van der Waals surface area contributed by atoms with E-state index in [1.54, 1.807) is 0 Å². The first-order valence-electron chi connectivity index (χ1n) is 6.54. The quantitative estimate of drug-likeness (QED) is 0.287. The highest BCUT2D eigenvalue weighted by molar-refractivity contribution is 9.09. The van der Waals surface area contributed by atoms with Gasteiger partial charge in [-0.1, -0.05) is 67.3 Å². The molecule has 17 heavy (non-hydrogen) atoms. The van der Waals surface area contributed by atoms with Gasteiger partial charge in [-0.2, -0.15) is 0 Å². The van der Waals surface area contributed by atoms with Gasteiger partial charge in [-0.05, 0) is 12.8 Å². The molecule has 0 rings (SSSR count). The van der Waals surface area contributed by atoms with Crippen molar-refractivity contribution in [2.45, 2.75) is 64.2 Å². The SMILES string of the molecule is O=S(=O)(Cl)CCCCCCCCCCCCBr. The van der Waals surface area contributed by atoms with Crippen LogP contribution in [0.25, 0.3) is 0 Å². The van der Waals surface area contributed by atoms with Gasteiger partial charge in [0.25, 0.3) is 0 Å². The molecule has 0 aromatic rings. The summed E-state index contributed by atoms with van der Waals surface area (Å²) in [7, 11) is 1.86. The maximum Gasteiger partial charge on any atom is 0.232 e. The molecule has 0 N–H and O–H groups in total. The van der Waals surface area contributed by atoms with Gasteiger partial charge >= 0.3 is 0 Å². The van der Waals surface area contributed by atoms with E-state index in [0.717, 1.165) is 18.2 Å². The van der Waals surface area contributed by atoms with Crippen LogP contribution in [0.3, 0.4) is 0 Å². The molecule has 0 saturated heterocycles. The molecule has 0 fully saturated rings. The fourth-order valence-electron chi connectivity index (χ4n) is 1.78. The average Bonchev–Trinajstić information content (AvgIpc) is 2.24. The van der Waals surface area contributed by atoms with E-state index in [4.69, 9.17) is 10.7 Å². The molecule has 5 heteroatoms. The number of hydrogen-bond acceptors (Lipinski definition) is 2. The van der Waals surface area contributed by atoms with Crippen molar-refractivity contribution in [1.82, 2.24) is 0 Å². The third-order valence-corrected chi connectivity index (χ3v) is 4.57.